The highest BCUT2D eigenvalue weighted by Crippen LogP contribution is 2.22. The van der Waals surface area contributed by atoms with Gasteiger partial charge in [0.15, 0.2) is 0 Å². The summed E-state index contributed by atoms with van der Waals surface area (Å²) < 4.78 is 4.96. The van der Waals surface area contributed by atoms with Gasteiger partial charge in [-0.2, -0.15) is 0 Å². The van der Waals surface area contributed by atoms with Gasteiger partial charge in [0.05, 0.1) is 12.6 Å². The average Bonchev–Trinajstić information content (AvgIpc) is 2.59. The molecule has 0 bridgehead atoms. The second kappa shape index (κ2) is 9.39. The van der Waals surface area contributed by atoms with Gasteiger partial charge in [-0.1, -0.05) is 18.2 Å². The molecule has 6 heteroatoms. The Balaban J connectivity index is 1.88. The van der Waals surface area contributed by atoms with Crippen LogP contribution in [0.5, 0.6) is 0 Å². The van der Waals surface area contributed by atoms with E-state index in [1.165, 1.54) is 0 Å². The molecule has 1 saturated heterocycles. The Morgan fingerprint density at radius 3 is 2.83 bits per heavy atom. The summed E-state index contributed by atoms with van der Waals surface area (Å²) >= 11 is 0. The van der Waals surface area contributed by atoms with Crippen molar-refractivity contribution >= 4 is 17.5 Å². The van der Waals surface area contributed by atoms with Crippen molar-refractivity contribution < 1.29 is 14.3 Å². The van der Waals surface area contributed by atoms with E-state index in [0.29, 0.717) is 13.2 Å². The molecule has 0 aromatic heterocycles. The number of amides is 2. The normalized spacial score (nSPS) is 18.0. The molecular weight excluding hydrogens is 306 g/mol. The van der Waals surface area contributed by atoms with Crippen LogP contribution in [0.3, 0.4) is 0 Å². The number of carbonyl (C=O) groups is 2. The molecule has 2 amide bonds. The lowest BCUT2D eigenvalue weighted by molar-refractivity contribution is -0.127. The van der Waals surface area contributed by atoms with Gasteiger partial charge in [0, 0.05) is 32.5 Å². The summed E-state index contributed by atoms with van der Waals surface area (Å²) in [5.41, 5.74) is 0.921. The van der Waals surface area contributed by atoms with Gasteiger partial charge in [-0.15, -0.1) is 0 Å². The van der Waals surface area contributed by atoms with Crippen LogP contribution in [-0.4, -0.2) is 63.2 Å². The number of nitrogens with one attached hydrogen (secondary N) is 1. The second-order valence-corrected chi connectivity index (χ2v) is 6.09. The molecule has 1 aliphatic rings. The van der Waals surface area contributed by atoms with Gasteiger partial charge in [0.2, 0.25) is 11.8 Å². The number of hydrogen-bond acceptors (Lipinski definition) is 4. The maximum atomic E-state index is 12.8. The predicted molar refractivity (Wildman–Crippen MR) is 93.9 cm³/mol. The van der Waals surface area contributed by atoms with E-state index < -0.39 is 0 Å². The first kappa shape index (κ1) is 18.4. The smallest absolute Gasteiger partial charge is 0.244 e. The number of rotatable bonds is 8. The van der Waals surface area contributed by atoms with Crippen LogP contribution in [-0.2, 0) is 14.3 Å². The lowest BCUT2D eigenvalue weighted by Crippen LogP contribution is -2.53. The van der Waals surface area contributed by atoms with Gasteiger partial charge in [-0.05, 0) is 38.4 Å². The quantitative estimate of drug-likeness (QED) is 0.728. The zero-order valence-corrected chi connectivity index (χ0v) is 14.5. The molecule has 0 radical (unpaired) electrons. The molecule has 2 rings (SSSR count). The number of carbonyl (C=O) groups excluding carboxylic acids is 2. The Bertz CT molecular complexity index is 536. The summed E-state index contributed by atoms with van der Waals surface area (Å²) in [6, 6.07) is 9.46. The minimum absolute atomic E-state index is 0.0572. The summed E-state index contributed by atoms with van der Waals surface area (Å²) in [7, 11) is 3.48. The van der Waals surface area contributed by atoms with Crippen LogP contribution in [0.2, 0.25) is 0 Å². The average molecular weight is 333 g/mol. The molecule has 1 heterocycles. The molecule has 132 valence electrons. The van der Waals surface area contributed by atoms with E-state index in [9.17, 15) is 9.59 Å². The molecule has 0 spiro atoms. The highest BCUT2D eigenvalue weighted by atomic mass is 16.5. The van der Waals surface area contributed by atoms with Gasteiger partial charge in [0.1, 0.15) is 0 Å². The number of piperidine rings is 1. The maximum absolute atomic E-state index is 12.8. The van der Waals surface area contributed by atoms with Crippen molar-refractivity contribution in [2.45, 2.75) is 25.3 Å². The van der Waals surface area contributed by atoms with Gasteiger partial charge in [-0.3, -0.25) is 14.5 Å². The van der Waals surface area contributed by atoms with Crippen LogP contribution in [0.4, 0.5) is 5.69 Å². The highest BCUT2D eigenvalue weighted by Gasteiger charge is 2.32. The third kappa shape index (κ3) is 5.04. The zero-order chi connectivity index (χ0) is 17.4. The molecule has 6 nitrogen and oxygen atoms in total. The lowest BCUT2D eigenvalue weighted by atomic mass is 10.0. The number of likely N-dealkylation sites (N-methyl/N-ethyl adjacent to an activating group) is 1. The van der Waals surface area contributed by atoms with E-state index in [0.717, 1.165) is 31.5 Å². The number of hydrogen-bond donors (Lipinski definition) is 1. The maximum Gasteiger partial charge on any atom is 0.244 e. The van der Waals surface area contributed by atoms with E-state index in [1.54, 1.807) is 7.11 Å². The lowest BCUT2D eigenvalue weighted by Gasteiger charge is -2.36. The number of anilines is 1. The van der Waals surface area contributed by atoms with Crippen LogP contribution < -0.4 is 10.2 Å². The third-order valence-corrected chi connectivity index (χ3v) is 4.25. The van der Waals surface area contributed by atoms with Crippen molar-refractivity contribution in [1.82, 2.24) is 10.2 Å². The standard InChI is InChI=1S/C18H27N3O3/c1-20(14-17(22)19-11-7-13-24-2)16-10-6-12-21(18(16)23)15-8-4-3-5-9-15/h3-5,8-9,16H,6-7,10-14H2,1-2H3,(H,19,22). The first-order valence-electron chi connectivity index (χ1n) is 8.45. The Morgan fingerprint density at radius 1 is 1.38 bits per heavy atom. The number of para-hydroxylation sites is 1. The number of methoxy groups -OCH3 is 1. The van der Waals surface area contributed by atoms with Gasteiger partial charge in [0.25, 0.3) is 0 Å². The topological polar surface area (TPSA) is 61.9 Å². The van der Waals surface area contributed by atoms with E-state index in [4.69, 9.17) is 4.74 Å². The zero-order valence-electron chi connectivity index (χ0n) is 14.5. The van der Waals surface area contributed by atoms with Gasteiger partial charge < -0.3 is 15.0 Å². The Morgan fingerprint density at radius 2 is 2.12 bits per heavy atom. The molecule has 24 heavy (non-hydrogen) atoms. The van der Waals surface area contributed by atoms with Gasteiger partial charge >= 0.3 is 0 Å². The van der Waals surface area contributed by atoms with Crippen molar-refractivity contribution in [2.24, 2.45) is 0 Å². The molecular formula is C18H27N3O3. The summed E-state index contributed by atoms with van der Waals surface area (Å²) in [6.07, 6.45) is 2.51. The van der Waals surface area contributed by atoms with Gasteiger partial charge in [-0.25, -0.2) is 0 Å². The summed E-state index contributed by atoms with van der Waals surface area (Å²) in [5.74, 6) is 0.0142. The van der Waals surface area contributed by atoms with Crippen molar-refractivity contribution in [1.29, 1.82) is 0 Å². The van der Waals surface area contributed by atoms with Crippen molar-refractivity contribution in [3.05, 3.63) is 30.3 Å². The summed E-state index contributed by atoms with van der Waals surface area (Å²) in [5, 5.41) is 2.86. The predicted octanol–water partition coefficient (Wildman–Crippen LogP) is 1.27. The van der Waals surface area contributed by atoms with Crippen molar-refractivity contribution in [2.75, 3.05) is 45.3 Å². The number of nitrogens with zero attached hydrogens (tertiary/aromatic N) is 2. The fourth-order valence-corrected chi connectivity index (χ4v) is 2.97. The largest absolute Gasteiger partial charge is 0.385 e. The van der Waals surface area contributed by atoms with Crippen LogP contribution in [0.15, 0.2) is 30.3 Å². The molecule has 0 saturated carbocycles. The molecule has 1 aromatic carbocycles. The first-order chi connectivity index (χ1) is 11.6. The monoisotopic (exact) mass is 333 g/mol. The molecule has 1 atom stereocenters. The minimum atomic E-state index is -0.247. The Labute approximate surface area is 143 Å². The van der Waals surface area contributed by atoms with Crippen molar-refractivity contribution in [3.8, 4) is 0 Å². The molecule has 1 fully saturated rings. The van der Waals surface area contributed by atoms with Crippen LogP contribution >= 0.6 is 0 Å². The first-order valence-corrected chi connectivity index (χ1v) is 8.45. The highest BCUT2D eigenvalue weighted by molar-refractivity contribution is 5.98. The fraction of sp³-hybridized carbons (Fsp3) is 0.556. The molecule has 1 N–H and O–H groups in total. The van der Waals surface area contributed by atoms with Crippen LogP contribution in [0.25, 0.3) is 0 Å². The second-order valence-electron chi connectivity index (χ2n) is 6.09. The van der Waals surface area contributed by atoms with Crippen molar-refractivity contribution in [3.63, 3.8) is 0 Å². The van der Waals surface area contributed by atoms with E-state index in [1.807, 2.05) is 47.2 Å². The van der Waals surface area contributed by atoms with E-state index in [2.05, 4.69) is 5.32 Å². The van der Waals surface area contributed by atoms with Crippen LogP contribution in [0.1, 0.15) is 19.3 Å². The number of benzene rings is 1. The summed E-state index contributed by atoms with van der Waals surface area (Å²) in [6.45, 7) is 2.18. The van der Waals surface area contributed by atoms with E-state index >= 15 is 0 Å². The minimum Gasteiger partial charge on any atom is -0.385 e. The fourth-order valence-electron chi connectivity index (χ4n) is 2.97. The number of ether oxygens (including phenoxy) is 1. The molecule has 1 unspecified atom stereocenters. The SMILES string of the molecule is COCCCNC(=O)CN(C)C1CCCN(c2ccccc2)C1=O. The molecule has 1 aromatic rings. The Hall–Kier alpha value is -1.92. The molecule has 0 aliphatic carbocycles. The molecule has 1 aliphatic heterocycles. The van der Waals surface area contributed by atoms with E-state index in [-0.39, 0.29) is 24.4 Å². The Kier molecular flexibility index (Phi) is 7.21. The third-order valence-electron chi connectivity index (χ3n) is 4.25. The van der Waals surface area contributed by atoms with Crippen LogP contribution in [0, 0.1) is 0 Å². The summed E-state index contributed by atoms with van der Waals surface area (Å²) in [4.78, 5) is 28.5.